The van der Waals surface area contributed by atoms with E-state index in [1.165, 1.54) is 30.3 Å². The summed E-state index contributed by atoms with van der Waals surface area (Å²) in [7, 11) is -3.80. The normalized spacial score (nSPS) is 12.8. The van der Waals surface area contributed by atoms with Crippen LogP contribution in [0.2, 0.25) is 0 Å². The Bertz CT molecular complexity index is 912. The Kier molecular flexibility index (Phi) is 6.24. The van der Waals surface area contributed by atoms with E-state index < -0.39 is 21.0 Å². The molecule has 0 fully saturated rings. The molecule has 0 heterocycles. The van der Waals surface area contributed by atoms with Crippen LogP contribution in [0.25, 0.3) is 0 Å². The number of hydrogen-bond donors (Lipinski definition) is 1. The summed E-state index contributed by atoms with van der Waals surface area (Å²) in [6.07, 6.45) is 4.64. The van der Waals surface area contributed by atoms with Crippen molar-refractivity contribution in [3.63, 3.8) is 0 Å². The molecule has 25 heavy (non-hydrogen) atoms. The fourth-order valence-corrected chi connectivity index (χ4v) is 3.70. The monoisotopic (exact) mass is 422 g/mol. The van der Waals surface area contributed by atoms with Gasteiger partial charge in [-0.3, -0.25) is 10.1 Å². The van der Waals surface area contributed by atoms with E-state index in [1.807, 2.05) is 0 Å². The van der Waals surface area contributed by atoms with Gasteiger partial charge in [-0.15, -0.1) is 0 Å². The van der Waals surface area contributed by atoms with Crippen LogP contribution in [-0.4, -0.2) is 13.3 Å². The Hall–Kier alpha value is -2.29. The molecule has 8 heteroatoms. The lowest BCUT2D eigenvalue weighted by atomic mass is 10.1. The second-order valence-corrected chi connectivity index (χ2v) is 7.57. The molecular weight excluding hydrogens is 408 g/mol. The van der Waals surface area contributed by atoms with Gasteiger partial charge in [0.05, 0.1) is 20.3 Å². The van der Waals surface area contributed by atoms with E-state index in [1.54, 1.807) is 36.4 Å². The van der Waals surface area contributed by atoms with Crippen molar-refractivity contribution in [1.82, 2.24) is 4.72 Å². The Labute approximate surface area is 154 Å². The minimum Gasteiger partial charge on any atom is -0.258 e. The minimum atomic E-state index is -3.80. The Morgan fingerprint density at radius 1 is 1.20 bits per heavy atom. The van der Waals surface area contributed by atoms with Crippen LogP contribution in [-0.2, 0) is 10.0 Å². The Balaban J connectivity index is 2.44. The first-order valence-electron chi connectivity index (χ1n) is 7.15. The number of hydrogen-bond acceptors (Lipinski definition) is 4. The molecular formula is C17H15BrN2O4S. The average molecular weight is 423 g/mol. The van der Waals surface area contributed by atoms with Crippen molar-refractivity contribution in [3.05, 3.63) is 93.5 Å². The topological polar surface area (TPSA) is 89.3 Å². The maximum atomic E-state index is 12.6. The van der Waals surface area contributed by atoms with E-state index in [0.717, 1.165) is 0 Å². The van der Waals surface area contributed by atoms with Crippen molar-refractivity contribution in [2.75, 3.05) is 0 Å². The summed E-state index contributed by atoms with van der Waals surface area (Å²) >= 11 is 3.12. The van der Waals surface area contributed by atoms with E-state index >= 15 is 0 Å². The van der Waals surface area contributed by atoms with Crippen LogP contribution >= 0.6 is 15.9 Å². The number of benzene rings is 2. The molecule has 0 radical (unpaired) electrons. The number of nitrogens with one attached hydrogen (secondary N) is 1. The first kappa shape index (κ1) is 19.0. The molecule has 2 aromatic rings. The van der Waals surface area contributed by atoms with Gasteiger partial charge in [0.25, 0.3) is 5.69 Å². The summed E-state index contributed by atoms with van der Waals surface area (Å²) in [4.78, 5) is 10.7. The summed E-state index contributed by atoms with van der Waals surface area (Å²) in [6, 6.07) is 11.6. The van der Waals surface area contributed by atoms with Crippen molar-refractivity contribution in [3.8, 4) is 0 Å². The molecule has 0 aliphatic heterocycles. The van der Waals surface area contributed by atoms with Crippen LogP contribution in [0.4, 0.5) is 5.69 Å². The largest absolute Gasteiger partial charge is 0.283 e. The lowest BCUT2D eigenvalue weighted by Crippen LogP contribution is -2.27. The van der Waals surface area contributed by atoms with Gasteiger partial charge in [-0.05, 0) is 39.7 Å². The molecule has 6 nitrogen and oxygen atoms in total. The molecule has 0 amide bonds. The van der Waals surface area contributed by atoms with Gasteiger partial charge in [0.15, 0.2) is 0 Å². The average Bonchev–Trinajstić information content (AvgIpc) is 2.59. The molecule has 1 atom stereocenters. The third kappa shape index (κ3) is 4.85. The van der Waals surface area contributed by atoms with Gasteiger partial charge in [-0.2, -0.15) is 4.72 Å². The molecule has 0 saturated carbocycles. The standard InChI is InChI=1S/C17H15BrN2O4S/c1-2-3-9-16(13-10-11-15(18)17(12-13)20(21)22)19-25(23,24)14-7-5-4-6-8-14/h2-12,16,19H,1H2/b9-3-/t16-/m0/s1. The number of allylic oxidation sites excluding steroid dienone is 2. The van der Waals surface area contributed by atoms with Gasteiger partial charge in [0.2, 0.25) is 10.0 Å². The first-order chi connectivity index (χ1) is 11.8. The highest BCUT2D eigenvalue weighted by atomic mass is 79.9. The third-order valence-electron chi connectivity index (χ3n) is 3.30. The fourth-order valence-electron chi connectivity index (χ4n) is 2.11. The zero-order valence-electron chi connectivity index (χ0n) is 13.0. The highest BCUT2D eigenvalue weighted by Crippen LogP contribution is 2.29. The number of halogens is 1. The van der Waals surface area contributed by atoms with E-state index in [-0.39, 0.29) is 10.6 Å². The van der Waals surface area contributed by atoms with Crippen LogP contribution in [0.1, 0.15) is 11.6 Å². The van der Waals surface area contributed by atoms with Gasteiger partial charge < -0.3 is 0 Å². The third-order valence-corrected chi connectivity index (χ3v) is 5.43. The fraction of sp³-hybridized carbons (Fsp3) is 0.0588. The summed E-state index contributed by atoms with van der Waals surface area (Å²) in [5, 5.41) is 11.1. The molecule has 0 saturated heterocycles. The molecule has 0 spiro atoms. The van der Waals surface area contributed by atoms with Gasteiger partial charge in [0.1, 0.15) is 0 Å². The van der Waals surface area contributed by atoms with Gasteiger partial charge in [0, 0.05) is 6.07 Å². The van der Waals surface area contributed by atoms with Crippen molar-refractivity contribution >= 4 is 31.6 Å². The molecule has 2 rings (SSSR count). The number of nitrogens with zero attached hydrogens (tertiary/aromatic N) is 1. The van der Waals surface area contributed by atoms with E-state index in [9.17, 15) is 18.5 Å². The molecule has 130 valence electrons. The maximum absolute atomic E-state index is 12.6. The van der Waals surface area contributed by atoms with Crippen LogP contribution < -0.4 is 4.72 Å². The second kappa shape index (κ2) is 8.19. The zero-order valence-corrected chi connectivity index (χ0v) is 15.4. The number of nitro benzene ring substituents is 1. The summed E-state index contributed by atoms with van der Waals surface area (Å²) in [5.41, 5.74) is 0.293. The number of sulfonamides is 1. The first-order valence-corrected chi connectivity index (χ1v) is 9.43. The van der Waals surface area contributed by atoms with E-state index in [2.05, 4.69) is 27.2 Å². The SMILES string of the molecule is C=C/C=C\[C@H](NS(=O)(=O)c1ccccc1)c1ccc(Br)c([N+](=O)[O-])c1. The van der Waals surface area contributed by atoms with E-state index in [0.29, 0.717) is 10.0 Å². The van der Waals surface area contributed by atoms with Crippen molar-refractivity contribution in [1.29, 1.82) is 0 Å². The molecule has 1 N–H and O–H groups in total. The predicted molar refractivity (Wildman–Crippen MR) is 99.6 cm³/mol. The van der Waals surface area contributed by atoms with Crippen molar-refractivity contribution < 1.29 is 13.3 Å². The van der Waals surface area contributed by atoms with Crippen LogP contribution in [0.5, 0.6) is 0 Å². The van der Waals surface area contributed by atoms with Crippen LogP contribution in [0.3, 0.4) is 0 Å². The second-order valence-electron chi connectivity index (χ2n) is 5.00. The van der Waals surface area contributed by atoms with Gasteiger partial charge >= 0.3 is 0 Å². The van der Waals surface area contributed by atoms with Crippen molar-refractivity contribution in [2.45, 2.75) is 10.9 Å². The molecule has 2 aromatic carbocycles. The zero-order chi connectivity index (χ0) is 18.4. The summed E-state index contributed by atoms with van der Waals surface area (Å²) < 4.78 is 28.0. The summed E-state index contributed by atoms with van der Waals surface area (Å²) in [6.45, 7) is 3.56. The molecule has 0 aromatic heterocycles. The predicted octanol–water partition coefficient (Wildman–Crippen LogP) is 4.12. The quantitative estimate of drug-likeness (QED) is 0.412. The molecule has 0 bridgehead atoms. The highest BCUT2D eigenvalue weighted by molar-refractivity contribution is 9.10. The van der Waals surface area contributed by atoms with Crippen LogP contribution in [0, 0.1) is 10.1 Å². The van der Waals surface area contributed by atoms with Gasteiger partial charge in [-0.1, -0.05) is 49.1 Å². The molecule has 0 unspecified atom stereocenters. The smallest absolute Gasteiger partial charge is 0.258 e. The maximum Gasteiger partial charge on any atom is 0.283 e. The molecule has 0 aliphatic rings. The Morgan fingerprint density at radius 3 is 2.48 bits per heavy atom. The molecule has 0 aliphatic carbocycles. The highest BCUT2D eigenvalue weighted by Gasteiger charge is 2.22. The van der Waals surface area contributed by atoms with Crippen molar-refractivity contribution in [2.24, 2.45) is 0 Å². The Morgan fingerprint density at radius 2 is 1.88 bits per heavy atom. The number of rotatable bonds is 7. The van der Waals surface area contributed by atoms with Gasteiger partial charge in [-0.25, -0.2) is 8.42 Å². The number of nitro groups is 1. The lowest BCUT2D eigenvalue weighted by Gasteiger charge is -2.16. The lowest BCUT2D eigenvalue weighted by molar-refractivity contribution is -0.385. The van der Waals surface area contributed by atoms with E-state index in [4.69, 9.17) is 0 Å². The summed E-state index contributed by atoms with van der Waals surface area (Å²) in [5.74, 6) is 0. The van der Waals surface area contributed by atoms with Crippen LogP contribution in [0.15, 0.2) is 82.7 Å². The minimum absolute atomic E-state index is 0.110.